The summed E-state index contributed by atoms with van der Waals surface area (Å²) in [4.78, 5) is 17.4. The fourth-order valence-electron chi connectivity index (χ4n) is 4.34. The fraction of sp³-hybridized carbons (Fsp3) is 0.143. The number of para-hydroxylation sites is 1. The standard InChI is InChI=1S/C28H24ClN3O3/c1-16-14-23(21-8-4-5-9-22(21)31-16)32-28(35)18-12-10-17(11-13-18)15-30-25-24(29)26(33)19-6-2-3-7-20(19)27(25)34/h2-14,26-27,30,33-34H,15H2,1H3,(H,31,32,35). The van der Waals surface area contributed by atoms with Gasteiger partial charge in [0.15, 0.2) is 0 Å². The van der Waals surface area contributed by atoms with E-state index in [0.29, 0.717) is 28.9 Å². The van der Waals surface area contributed by atoms with Crippen molar-refractivity contribution in [3.63, 3.8) is 0 Å². The van der Waals surface area contributed by atoms with Crippen molar-refractivity contribution in [2.24, 2.45) is 0 Å². The lowest BCUT2D eigenvalue weighted by Crippen LogP contribution is -2.26. The molecule has 4 aromatic rings. The largest absolute Gasteiger partial charge is 0.383 e. The second-order valence-corrected chi connectivity index (χ2v) is 8.94. The molecule has 0 aliphatic heterocycles. The zero-order valence-corrected chi connectivity index (χ0v) is 19.8. The Balaban J connectivity index is 1.29. The summed E-state index contributed by atoms with van der Waals surface area (Å²) in [6.45, 7) is 2.26. The monoisotopic (exact) mass is 485 g/mol. The maximum atomic E-state index is 12.9. The van der Waals surface area contributed by atoms with Crippen molar-refractivity contribution < 1.29 is 15.0 Å². The van der Waals surface area contributed by atoms with Crippen LogP contribution in [0.2, 0.25) is 0 Å². The number of anilines is 1. The van der Waals surface area contributed by atoms with Crippen LogP contribution in [0.25, 0.3) is 10.9 Å². The Morgan fingerprint density at radius 1 is 0.943 bits per heavy atom. The summed E-state index contributed by atoms with van der Waals surface area (Å²) in [7, 11) is 0. The molecular formula is C28H24ClN3O3. The molecule has 0 spiro atoms. The maximum Gasteiger partial charge on any atom is 0.255 e. The lowest BCUT2D eigenvalue weighted by atomic mass is 9.90. The molecule has 5 rings (SSSR count). The highest BCUT2D eigenvalue weighted by molar-refractivity contribution is 6.30. The zero-order valence-electron chi connectivity index (χ0n) is 19.0. The molecule has 0 fully saturated rings. The molecule has 176 valence electrons. The van der Waals surface area contributed by atoms with Gasteiger partial charge in [0, 0.05) is 23.2 Å². The minimum Gasteiger partial charge on any atom is -0.383 e. The van der Waals surface area contributed by atoms with Gasteiger partial charge in [-0.05, 0) is 47.9 Å². The second kappa shape index (κ2) is 9.50. The molecule has 6 nitrogen and oxygen atoms in total. The number of fused-ring (bicyclic) bond motifs is 2. The maximum absolute atomic E-state index is 12.9. The smallest absolute Gasteiger partial charge is 0.255 e. The number of nitrogens with one attached hydrogen (secondary N) is 2. The minimum absolute atomic E-state index is 0.173. The number of hydrogen-bond acceptors (Lipinski definition) is 5. The number of aliphatic hydroxyl groups excluding tert-OH is 2. The van der Waals surface area contributed by atoms with Crippen LogP contribution in [-0.2, 0) is 6.54 Å². The number of carbonyl (C=O) groups excluding carboxylic acids is 1. The van der Waals surface area contributed by atoms with E-state index in [0.717, 1.165) is 27.8 Å². The Bertz CT molecular complexity index is 1450. The highest BCUT2D eigenvalue weighted by atomic mass is 35.5. The van der Waals surface area contributed by atoms with Crippen LogP contribution in [0.5, 0.6) is 0 Å². The zero-order chi connectivity index (χ0) is 24.5. The number of rotatable bonds is 5. The van der Waals surface area contributed by atoms with Gasteiger partial charge in [0.25, 0.3) is 5.91 Å². The van der Waals surface area contributed by atoms with Crippen molar-refractivity contribution in [2.75, 3.05) is 5.32 Å². The third kappa shape index (κ3) is 4.51. The highest BCUT2D eigenvalue weighted by Gasteiger charge is 2.31. The Labute approximate surface area is 207 Å². The van der Waals surface area contributed by atoms with E-state index < -0.39 is 12.2 Å². The second-order valence-electron chi connectivity index (χ2n) is 8.53. The van der Waals surface area contributed by atoms with Crippen LogP contribution in [0.3, 0.4) is 0 Å². The molecular weight excluding hydrogens is 462 g/mol. The summed E-state index contributed by atoms with van der Waals surface area (Å²) in [5, 5.41) is 28.5. The number of carbonyl (C=O) groups is 1. The summed E-state index contributed by atoms with van der Waals surface area (Å²) >= 11 is 6.37. The number of halogens is 1. The summed E-state index contributed by atoms with van der Waals surface area (Å²) in [6, 6.07) is 23.9. The predicted molar refractivity (Wildman–Crippen MR) is 137 cm³/mol. The van der Waals surface area contributed by atoms with Gasteiger partial charge in [0.2, 0.25) is 0 Å². The molecule has 0 saturated carbocycles. The lowest BCUT2D eigenvalue weighted by molar-refractivity contribution is 0.102. The topological polar surface area (TPSA) is 94.5 Å². The summed E-state index contributed by atoms with van der Waals surface area (Å²) in [5.74, 6) is -0.214. The minimum atomic E-state index is -0.988. The molecule has 1 aliphatic carbocycles. The van der Waals surface area contributed by atoms with E-state index in [9.17, 15) is 15.0 Å². The van der Waals surface area contributed by atoms with Crippen LogP contribution < -0.4 is 10.6 Å². The molecule has 35 heavy (non-hydrogen) atoms. The van der Waals surface area contributed by atoms with Gasteiger partial charge in [-0.2, -0.15) is 0 Å². The molecule has 1 heterocycles. The Hall–Kier alpha value is -3.71. The molecule has 2 unspecified atom stereocenters. The first-order valence-corrected chi connectivity index (χ1v) is 11.6. The Morgan fingerprint density at radius 3 is 2.34 bits per heavy atom. The van der Waals surface area contributed by atoms with E-state index in [4.69, 9.17) is 11.6 Å². The van der Waals surface area contributed by atoms with Crippen LogP contribution in [0.1, 0.15) is 45.0 Å². The van der Waals surface area contributed by atoms with Gasteiger partial charge in [-0.15, -0.1) is 0 Å². The molecule has 1 amide bonds. The van der Waals surface area contributed by atoms with Crippen molar-refractivity contribution in [1.29, 1.82) is 0 Å². The van der Waals surface area contributed by atoms with Crippen molar-refractivity contribution in [1.82, 2.24) is 10.3 Å². The molecule has 0 bridgehead atoms. The van der Waals surface area contributed by atoms with E-state index in [1.54, 1.807) is 30.3 Å². The number of pyridine rings is 1. The van der Waals surface area contributed by atoms with Gasteiger partial charge in [-0.1, -0.05) is 66.2 Å². The number of aryl methyl sites for hydroxylation is 1. The molecule has 2 atom stereocenters. The fourth-order valence-corrected chi connectivity index (χ4v) is 4.62. The lowest BCUT2D eigenvalue weighted by Gasteiger charge is -2.29. The van der Waals surface area contributed by atoms with Gasteiger partial charge in [0.1, 0.15) is 12.2 Å². The van der Waals surface area contributed by atoms with Gasteiger partial charge in [-0.3, -0.25) is 9.78 Å². The third-order valence-corrected chi connectivity index (χ3v) is 6.56. The highest BCUT2D eigenvalue weighted by Crippen LogP contribution is 2.41. The van der Waals surface area contributed by atoms with Crippen LogP contribution in [-0.4, -0.2) is 21.1 Å². The number of nitrogens with zero attached hydrogens (tertiary/aromatic N) is 1. The number of aromatic nitrogens is 1. The normalized spacial score (nSPS) is 17.3. The number of amides is 1. The first-order chi connectivity index (χ1) is 16.9. The van der Waals surface area contributed by atoms with E-state index >= 15 is 0 Å². The number of hydrogen-bond donors (Lipinski definition) is 4. The summed E-state index contributed by atoms with van der Waals surface area (Å²) in [5.41, 5.74) is 5.38. The SMILES string of the molecule is Cc1cc(NC(=O)c2ccc(CNC3=C(Cl)C(O)c4ccccc4C3O)cc2)c2ccccc2n1. The van der Waals surface area contributed by atoms with Crippen molar-refractivity contribution >= 4 is 34.1 Å². The quantitative estimate of drug-likeness (QED) is 0.315. The van der Waals surface area contributed by atoms with E-state index in [1.807, 2.05) is 55.5 Å². The van der Waals surface area contributed by atoms with Crippen LogP contribution in [0.4, 0.5) is 5.69 Å². The Kier molecular flexibility index (Phi) is 6.26. The van der Waals surface area contributed by atoms with Crippen molar-refractivity contribution in [3.05, 3.63) is 118 Å². The van der Waals surface area contributed by atoms with Gasteiger partial charge in [0.05, 0.1) is 21.9 Å². The molecule has 4 N–H and O–H groups in total. The molecule has 0 saturated heterocycles. The molecule has 0 radical (unpaired) electrons. The van der Waals surface area contributed by atoms with Gasteiger partial charge < -0.3 is 20.8 Å². The van der Waals surface area contributed by atoms with E-state index in [2.05, 4.69) is 15.6 Å². The van der Waals surface area contributed by atoms with Crippen LogP contribution in [0.15, 0.2) is 89.6 Å². The van der Waals surface area contributed by atoms with Crippen LogP contribution >= 0.6 is 11.6 Å². The molecule has 3 aromatic carbocycles. The third-order valence-electron chi connectivity index (χ3n) is 6.15. The summed E-state index contributed by atoms with van der Waals surface area (Å²) in [6.07, 6.45) is -1.94. The Morgan fingerprint density at radius 2 is 1.60 bits per heavy atom. The molecule has 1 aromatic heterocycles. The van der Waals surface area contributed by atoms with Crippen molar-refractivity contribution in [3.8, 4) is 0 Å². The molecule has 1 aliphatic rings. The average molecular weight is 486 g/mol. The van der Waals surface area contributed by atoms with Gasteiger partial charge >= 0.3 is 0 Å². The average Bonchev–Trinajstić information content (AvgIpc) is 2.87. The van der Waals surface area contributed by atoms with Gasteiger partial charge in [-0.25, -0.2) is 0 Å². The molecule has 7 heteroatoms. The number of aliphatic hydroxyl groups is 2. The predicted octanol–water partition coefficient (Wildman–Crippen LogP) is 5.12. The summed E-state index contributed by atoms with van der Waals surface area (Å²) < 4.78 is 0. The van der Waals surface area contributed by atoms with Crippen molar-refractivity contribution in [2.45, 2.75) is 25.7 Å². The van der Waals surface area contributed by atoms with E-state index in [1.165, 1.54) is 0 Å². The first kappa shape index (κ1) is 23.1. The van der Waals surface area contributed by atoms with Crippen LogP contribution in [0, 0.1) is 6.92 Å². The number of benzene rings is 3. The van der Waals surface area contributed by atoms with E-state index in [-0.39, 0.29) is 10.9 Å². The first-order valence-electron chi connectivity index (χ1n) is 11.3.